The molecule has 29 heavy (non-hydrogen) atoms. The number of hydrogen-bond donors (Lipinski definition) is 4. The normalized spacial score (nSPS) is 10.8. The SMILES string of the molecule is CCCCc1nnc(-c2ccc(-c3c(C(=O)O)c(N)[nH]c(=O)c3C(=O)O)cc2)o1. The molecule has 0 unspecified atom stereocenters. The number of pyridine rings is 1. The van der Waals surface area contributed by atoms with Gasteiger partial charge < -0.3 is 25.3 Å². The van der Waals surface area contributed by atoms with Crippen molar-refractivity contribution in [3.8, 4) is 22.6 Å². The van der Waals surface area contributed by atoms with E-state index in [9.17, 15) is 24.6 Å². The minimum absolute atomic E-state index is 0.201. The van der Waals surface area contributed by atoms with Crippen molar-refractivity contribution in [2.45, 2.75) is 26.2 Å². The fourth-order valence-electron chi connectivity index (χ4n) is 2.91. The Balaban J connectivity index is 2.08. The molecule has 0 aliphatic heterocycles. The highest BCUT2D eigenvalue weighted by Gasteiger charge is 2.26. The van der Waals surface area contributed by atoms with Gasteiger partial charge in [0.1, 0.15) is 16.9 Å². The zero-order valence-corrected chi connectivity index (χ0v) is 15.4. The van der Waals surface area contributed by atoms with Crippen molar-refractivity contribution in [3.63, 3.8) is 0 Å². The Morgan fingerprint density at radius 1 is 1.07 bits per heavy atom. The Bertz CT molecular complexity index is 1130. The summed E-state index contributed by atoms with van der Waals surface area (Å²) in [5, 5.41) is 26.9. The number of aromatic amines is 1. The Labute approximate surface area is 164 Å². The van der Waals surface area contributed by atoms with Crippen LogP contribution in [0.5, 0.6) is 0 Å². The van der Waals surface area contributed by atoms with E-state index in [1.807, 2.05) is 6.92 Å². The van der Waals surface area contributed by atoms with Crippen molar-refractivity contribution >= 4 is 17.8 Å². The highest BCUT2D eigenvalue weighted by atomic mass is 16.4. The molecular weight excluding hydrogens is 380 g/mol. The number of carbonyl (C=O) groups is 2. The van der Waals surface area contributed by atoms with E-state index >= 15 is 0 Å². The zero-order chi connectivity index (χ0) is 21.1. The molecule has 10 nitrogen and oxygen atoms in total. The van der Waals surface area contributed by atoms with Gasteiger partial charge >= 0.3 is 11.9 Å². The van der Waals surface area contributed by atoms with E-state index in [1.165, 1.54) is 12.1 Å². The lowest BCUT2D eigenvalue weighted by atomic mass is 9.95. The Morgan fingerprint density at radius 2 is 1.69 bits per heavy atom. The van der Waals surface area contributed by atoms with Gasteiger partial charge in [-0.15, -0.1) is 10.2 Å². The lowest BCUT2D eigenvalue weighted by Crippen LogP contribution is -2.24. The molecule has 5 N–H and O–H groups in total. The summed E-state index contributed by atoms with van der Waals surface area (Å²) in [5.74, 6) is -2.66. The second kappa shape index (κ2) is 7.97. The van der Waals surface area contributed by atoms with E-state index in [-0.39, 0.29) is 17.0 Å². The van der Waals surface area contributed by atoms with Gasteiger partial charge in [0.2, 0.25) is 11.8 Å². The number of anilines is 1. The number of nitrogens with zero attached hydrogens (tertiary/aromatic N) is 2. The summed E-state index contributed by atoms with van der Waals surface area (Å²) < 4.78 is 5.59. The quantitative estimate of drug-likeness (QED) is 0.466. The molecule has 0 atom stereocenters. The van der Waals surface area contributed by atoms with Gasteiger partial charge in [0.25, 0.3) is 5.56 Å². The molecule has 1 aromatic carbocycles. The van der Waals surface area contributed by atoms with Gasteiger partial charge in [-0.25, -0.2) is 9.59 Å². The second-order valence-electron chi connectivity index (χ2n) is 6.28. The molecule has 2 aromatic heterocycles. The first kappa shape index (κ1) is 19.8. The fourth-order valence-corrected chi connectivity index (χ4v) is 2.91. The van der Waals surface area contributed by atoms with Gasteiger partial charge in [-0.1, -0.05) is 25.5 Å². The molecule has 0 spiro atoms. The molecule has 0 radical (unpaired) electrons. The van der Waals surface area contributed by atoms with Crippen LogP contribution in [0.3, 0.4) is 0 Å². The van der Waals surface area contributed by atoms with Crippen molar-refractivity contribution in [2.24, 2.45) is 0 Å². The van der Waals surface area contributed by atoms with E-state index in [0.29, 0.717) is 17.9 Å². The lowest BCUT2D eigenvalue weighted by molar-refractivity contribution is 0.0695. The average Bonchev–Trinajstić information content (AvgIpc) is 3.14. The highest BCUT2D eigenvalue weighted by Crippen LogP contribution is 2.31. The first-order valence-corrected chi connectivity index (χ1v) is 8.79. The molecule has 10 heteroatoms. The summed E-state index contributed by atoms with van der Waals surface area (Å²) in [7, 11) is 0. The molecule has 0 fully saturated rings. The summed E-state index contributed by atoms with van der Waals surface area (Å²) in [4.78, 5) is 37.4. The summed E-state index contributed by atoms with van der Waals surface area (Å²) >= 11 is 0. The van der Waals surface area contributed by atoms with Crippen molar-refractivity contribution in [1.82, 2.24) is 15.2 Å². The molecule has 0 bridgehead atoms. The Kier molecular flexibility index (Phi) is 5.44. The monoisotopic (exact) mass is 398 g/mol. The largest absolute Gasteiger partial charge is 0.478 e. The number of nitrogens with one attached hydrogen (secondary N) is 1. The number of nitrogen functional groups attached to an aromatic ring is 1. The third-order valence-electron chi connectivity index (χ3n) is 4.30. The summed E-state index contributed by atoms with van der Waals surface area (Å²) in [6.07, 6.45) is 2.57. The van der Waals surface area contributed by atoms with Gasteiger partial charge in [0.05, 0.1) is 0 Å². The number of aromatic nitrogens is 3. The summed E-state index contributed by atoms with van der Waals surface area (Å²) in [6, 6.07) is 6.08. The average molecular weight is 398 g/mol. The minimum atomic E-state index is -1.56. The maximum Gasteiger partial charge on any atom is 0.342 e. The fraction of sp³-hybridized carbons (Fsp3) is 0.211. The molecule has 0 saturated heterocycles. The number of H-pyrrole nitrogens is 1. The Hall–Kier alpha value is -3.95. The third-order valence-corrected chi connectivity index (χ3v) is 4.30. The van der Waals surface area contributed by atoms with Crippen LogP contribution >= 0.6 is 0 Å². The van der Waals surface area contributed by atoms with E-state index in [2.05, 4.69) is 15.2 Å². The van der Waals surface area contributed by atoms with Gasteiger partial charge in [-0.2, -0.15) is 0 Å². The molecule has 0 aliphatic rings. The predicted molar refractivity (Wildman–Crippen MR) is 103 cm³/mol. The van der Waals surface area contributed by atoms with E-state index in [0.717, 1.165) is 12.8 Å². The number of nitrogens with two attached hydrogens (primary N) is 1. The van der Waals surface area contributed by atoms with Gasteiger partial charge in [-0.3, -0.25) is 4.79 Å². The molecule has 150 valence electrons. The smallest absolute Gasteiger partial charge is 0.342 e. The van der Waals surface area contributed by atoms with Crippen molar-refractivity contribution in [1.29, 1.82) is 0 Å². The summed E-state index contributed by atoms with van der Waals surface area (Å²) in [5.41, 5.74) is 3.94. The summed E-state index contributed by atoms with van der Waals surface area (Å²) in [6.45, 7) is 2.05. The number of benzene rings is 1. The van der Waals surface area contributed by atoms with Crippen LogP contribution in [0.1, 0.15) is 46.4 Å². The molecule has 0 amide bonds. The molecule has 2 heterocycles. The van der Waals surface area contributed by atoms with Crippen LogP contribution in [0, 0.1) is 0 Å². The Morgan fingerprint density at radius 3 is 2.28 bits per heavy atom. The maximum atomic E-state index is 12.1. The number of rotatable bonds is 7. The molecule has 3 aromatic rings. The number of carboxylic acids is 2. The molecule has 3 rings (SSSR count). The van der Waals surface area contributed by atoms with Gasteiger partial charge in [0.15, 0.2) is 0 Å². The lowest BCUT2D eigenvalue weighted by Gasteiger charge is -2.12. The minimum Gasteiger partial charge on any atom is -0.478 e. The maximum absolute atomic E-state index is 12.1. The van der Waals surface area contributed by atoms with Crippen LogP contribution in [-0.2, 0) is 6.42 Å². The van der Waals surface area contributed by atoms with Crippen LogP contribution in [0.25, 0.3) is 22.6 Å². The van der Waals surface area contributed by atoms with Crippen LogP contribution < -0.4 is 11.3 Å². The molecule has 0 saturated carbocycles. The number of aromatic carboxylic acids is 2. The van der Waals surface area contributed by atoms with Crippen LogP contribution in [-0.4, -0.2) is 37.3 Å². The first-order chi connectivity index (χ1) is 13.8. The van der Waals surface area contributed by atoms with Gasteiger partial charge in [-0.05, 0) is 24.1 Å². The first-order valence-electron chi connectivity index (χ1n) is 8.79. The number of hydrogen-bond acceptors (Lipinski definition) is 7. The number of aryl methyl sites for hydroxylation is 1. The molecular formula is C19H18N4O6. The number of unbranched alkanes of at least 4 members (excludes halogenated alkanes) is 1. The number of carboxylic acid groups (broad SMARTS) is 2. The van der Waals surface area contributed by atoms with Crippen LogP contribution in [0.4, 0.5) is 5.82 Å². The van der Waals surface area contributed by atoms with Crippen LogP contribution in [0.15, 0.2) is 33.5 Å². The standard InChI is InChI=1S/C19H18N4O6/c1-2-3-4-11-22-23-17(29-11)10-7-5-9(6-8-10)12-13(18(25)26)15(20)21-16(24)14(12)19(27)28/h5-8H,2-4H2,1H3,(H,25,26)(H,27,28)(H3,20,21,24). The van der Waals surface area contributed by atoms with Crippen molar-refractivity contribution in [2.75, 3.05) is 5.73 Å². The molecule has 0 aliphatic carbocycles. The zero-order valence-electron chi connectivity index (χ0n) is 15.4. The third kappa shape index (κ3) is 3.86. The second-order valence-corrected chi connectivity index (χ2v) is 6.28. The van der Waals surface area contributed by atoms with Crippen molar-refractivity contribution in [3.05, 3.63) is 51.6 Å². The predicted octanol–water partition coefficient (Wildman–Crippen LogP) is 2.41. The van der Waals surface area contributed by atoms with E-state index in [1.54, 1.807) is 12.1 Å². The van der Waals surface area contributed by atoms with Crippen LogP contribution in [0.2, 0.25) is 0 Å². The topological polar surface area (TPSA) is 172 Å². The van der Waals surface area contributed by atoms with E-state index in [4.69, 9.17) is 10.2 Å². The van der Waals surface area contributed by atoms with Crippen molar-refractivity contribution < 1.29 is 24.2 Å². The highest BCUT2D eigenvalue weighted by molar-refractivity contribution is 6.07. The van der Waals surface area contributed by atoms with Gasteiger partial charge in [0, 0.05) is 17.5 Å². The van der Waals surface area contributed by atoms with E-state index < -0.39 is 34.4 Å².